The number of benzene rings is 3. The Balaban J connectivity index is 1.97. The minimum atomic E-state index is -4.00. The highest BCUT2D eigenvalue weighted by Gasteiger charge is 2.49. The summed E-state index contributed by atoms with van der Waals surface area (Å²) in [6, 6.07) is 22.8. The van der Waals surface area contributed by atoms with Crippen molar-refractivity contribution in [2.24, 2.45) is 15.6 Å². The smallest absolute Gasteiger partial charge is 0.399 e. The van der Waals surface area contributed by atoms with Gasteiger partial charge in [-0.1, -0.05) is 95.6 Å². The van der Waals surface area contributed by atoms with Gasteiger partial charge in [-0.25, -0.2) is 4.57 Å². The highest BCUT2D eigenvalue weighted by molar-refractivity contribution is 7.89. The van der Waals surface area contributed by atoms with Crippen LogP contribution < -0.4 is 14.4 Å². The molecule has 4 nitrogen and oxygen atoms in total. The molecule has 0 N–H and O–H groups in total. The van der Waals surface area contributed by atoms with Gasteiger partial charge in [0.2, 0.25) is 0 Å². The fraction of sp³-hybridized carbons (Fsp3) is 0.344. The van der Waals surface area contributed by atoms with Crippen LogP contribution in [0.25, 0.3) is 0 Å². The van der Waals surface area contributed by atoms with Crippen molar-refractivity contribution < 1.29 is 13.6 Å². The summed E-state index contributed by atoms with van der Waals surface area (Å²) >= 11 is 0. The first kappa shape index (κ1) is 28.3. The number of allylic oxidation sites excluding steroid dienone is 2. The third kappa shape index (κ3) is 5.98. The van der Waals surface area contributed by atoms with Gasteiger partial charge in [0, 0.05) is 7.92 Å². The zero-order chi connectivity index (χ0) is 27.9. The maximum atomic E-state index is 14.5. The summed E-state index contributed by atoms with van der Waals surface area (Å²) in [5.74, 6) is 0.916. The summed E-state index contributed by atoms with van der Waals surface area (Å²) in [5.41, 5.74) is 5.43. The van der Waals surface area contributed by atoms with Crippen molar-refractivity contribution in [1.29, 1.82) is 0 Å². The Kier molecular flexibility index (Phi) is 7.81. The van der Waals surface area contributed by atoms with Crippen LogP contribution in [0, 0.1) is 31.6 Å². The molecule has 0 fully saturated rings. The van der Waals surface area contributed by atoms with Crippen molar-refractivity contribution in [2.45, 2.75) is 62.3 Å². The SMILES string of the molecule is Cc1cc(C)c(P2C(C(C)(C)C)=C(C(C)(C)C)/C2=N/P(=O)(Oc2ccccc2)Oc2ccccc2)c(C)c1. The Morgan fingerprint density at radius 1 is 0.711 bits per heavy atom. The Labute approximate surface area is 229 Å². The lowest BCUT2D eigenvalue weighted by atomic mass is 9.80. The first-order chi connectivity index (χ1) is 17.7. The lowest BCUT2D eigenvalue weighted by Crippen LogP contribution is -2.37. The normalized spacial score (nSPS) is 17.4. The molecule has 1 aliphatic heterocycles. The molecule has 0 bridgehead atoms. The molecule has 3 aromatic rings. The molecule has 0 aromatic heterocycles. The molecular weight excluding hydrogens is 508 g/mol. The average molecular weight is 548 g/mol. The zero-order valence-electron chi connectivity index (χ0n) is 24.0. The van der Waals surface area contributed by atoms with E-state index in [1.807, 2.05) is 36.4 Å². The number of hydrogen-bond acceptors (Lipinski definition) is 3. The van der Waals surface area contributed by atoms with Gasteiger partial charge < -0.3 is 9.05 Å². The van der Waals surface area contributed by atoms with Crippen LogP contribution >= 0.6 is 15.7 Å². The lowest BCUT2D eigenvalue weighted by molar-refractivity contribution is 0.387. The Morgan fingerprint density at radius 2 is 1.16 bits per heavy atom. The molecule has 38 heavy (non-hydrogen) atoms. The molecule has 0 aliphatic carbocycles. The van der Waals surface area contributed by atoms with E-state index in [-0.39, 0.29) is 10.8 Å². The van der Waals surface area contributed by atoms with E-state index in [0.717, 1.165) is 11.0 Å². The molecule has 0 amide bonds. The lowest BCUT2D eigenvalue weighted by Gasteiger charge is -2.48. The van der Waals surface area contributed by atoms with Crippen molar-refractivity contribution in [3.05, 3.63) is 100 Å². The molecule has 200 valence electrons. The van der Waals surface area contributed by atoms with E-state index in [2.05, 4.69) is 74.4 Å². The van der Waals surface area contributed by atoms with Gasteiger partial charge in [0.25, 0.3) is 0 Å². The number of rotatable bonds is 6. The molecule has 1 unspecified atom stereocenters. The molecule has 1 aliphatic rings. The highest BCUT2D eigenvalue weighted by atomic mass is 31.2. The Morgan fingerprint density at radius 3 is 1.55 bits per heavy atom. The molecule has 1 heterocycles. The fourth-order valence-corrected chi connectivity index (χ4v) is 10.3. The van der Waals surface area contributed by atoms with Crippen LogP contribution in [0.2, 0.25) is 0 Å². The molecule has 0 spiro atoms. The summed E-state index contributed by atoms with van der Waals surface area (Å²) < 4.78 is 31.7. The van der Waals surface area contributed by atoms with E-state index >= 15 is 0 Å². The summed E-state index contributed by atoms with van der Waals surface area (Å²) in [7, 11) is -4.98. The quantitative estimate of drug-likeness (QED) is 0.289. The van der Waals surface area contributed by atoms with Crippen LogP contribution in [0.3, 0.4) is 0 Å². The topological polar surface area (TPSA) is 47.9 Å². The maximum absolute atomic E-state index is 14.5. The van der Waals surface area contributed by atoms with Crippen molar-refractivity contribution in [2.75, 3.05) is 0 Å². The average Bonchev–Trinajstić information content (AvgIpc) is 2.78. The van der Waals surface area contributed by atoms with Crippen molar-refractivity contribution in [1.82, 2.24) is 0 Å². The maximum Gasteiger partial charge on any atom is 0.563 e. The monoisotopic (exact) mass is 547 g/mol. The molecule has 0 saturated carbocycles. The molecule has 0 radical (unpaired) electrons. The largest absolute Gasteiger partial charge is 0.563 e. The number of para-hydroxylation sites is 2. The predicted octanol–water partition coefficient (Wildman–Crippen LogP) is 9.74. The van der Waals surface area contributed by atoms with Crippen molar-refractivity contribution in [3.63, 3.8) is 0 Å². The van der Waals surface area contributed by atoms with Gasteiger partial charge in [0.15, 0.2) is 0 Å². The number of nitrogens with zero attached hydrogens (tertiary/aromatic N) is 1. The summed E-state index contributed by atoms with van der Waals surface area (Å²) in [5, 5.41) is 2.67. The van der Waals surface area contributed by atoms with Crippen LogP contribution in [-0.4, -0.2) is 5.45 Å². The van der Waals surface area contributed by atoms with Crippen LogP contribution in [0.15, 0.2) is 88.4 Å². The second-order valence-electron chi connectivity index (χ2n) is 12.0. The number of aryl methyl sites for hydroxylation is 3. The van der Waals surface area contributed by atoms with Crippen LogP contribution in [0.1, 0.15) is 58.2 Å². The van der Waals surface area contributed by atoms with E-state index in [1.165, 1.54) is 27.3 Å². The first-order valence-corrected chi connectivity index (χ1v) is 15.9. The molecule has 4 rings (SSSR count). The van der Waals surface area contributed by atoms with Gasteiger partial charge >= 0.3 is 7.75 Å². The van der Waals surface area contributed by atoms with E-state index < -0.39 is 15.7 Å². The first-order valence-electron chi connectivity index (χ1n) is 13.0. The van der Waals surface area contributed by atoms with Gasteiger partial charge in [0.1, 0.15) is 11.5 Å². The van der Waals surface area contributed by atoms with E-state index in [4.69, 9.17) is 13.8 Å². The van der Waals surface area contributed by atoms with E-state index in [1.54, 1.807) is 24.3 Å². The van der Waals surface area contributed by atoms with Gasteiger partial charge in [-0.15, -0.1) is 0 Å². The summed E-state index contributed by atoms with van der Waals surface area (Å²) in [6.45, 7) is 19.9. The predicted molar refractivity (Wildman–Crippen MR) is 162 cm³/mol. The summed E-state index contributed by atoms with van der Waals surface area (Å²) in [6.07, 6.45) is 0. The summed E-state index contributed by atoms with van der Waals surface area (Å²) in [4.78, 5) is 0. The van der Waals surface area contributed by atoms with Gasteiger partial charge in [-0.3, -0.25) is 0 Å². The number of hydrogen-bond donors (Lipinski definition) is 0. The molecular formula is C32H39NO3P2. The molecule has 1 atom stereocenters. The van der Waals surface area contributed by atoms with E-state index in [0.29, 0.717) is 11.5 Å². The van der Waals surface area contributed by atoms with Crippen LogP contribution in [-0.2, 0) is 4.57 Å². The van der Waals surface area contributed by atoms with Crippen molar-refractivity contribution in [3.8, 4) is 11.5 Å². The van der Waals surface area contributed by atoms with Crippen LogP contribution in [0.4, 0.5) is 0 Å². The minimum Gasteiger partial charge on any atom is -0.399 e. The fourth-order valence-electron chi connectivity index (χ4n) is 5.03. The van der Waals surface area contributed by atoms with Crippen molar-refractivity contribution >= 4 is 26.4 Å². The highest BCUT2D eigenvalue weighted by Crippen LogP contribution is 2.70. The Hall–Kier alpha value is -2.67. The third-order valence-electron chi connectivity index (χ3n) is 6.36. The van der Waals surface area contributed by atoms with Gasteiger partial charge in [-0.2, -0.15) is 4.76 Å². The minimum absolute atomic E-state index is 0.0817. The van der Waals surface area contributed by atoms with Gasteiger partial charge in [-0.05, 0) is 83.2 Å². The second-order valence-corrected chi connectivity index (χ2v) is 15.5. The standard InChI is InChI=1S/C32H39NO3P2/c1-22-20-23(2)28(24(3)21-22)37-29(32(7,8)9)27(31(4,5)6)30(37)33-38(34,35-25-16-12-10-13-17-25)36-26-18-14-11-15-19-26/h10-21H,1-9H3/b33-30-. The van der Waals surface area contributed by atoms with Crippen LogP contribution in [0.5, 0.6) is 11.5 Å². The molecule has 0 saturated heterocycles. The van der Waals surface area contributed by atoms with E-state index in [9.17, 15) is 4.57 Å². The molecule has 6 heteroatoms. The third-order valence-corrected chi connectivity index (χ3v) is 11.1. The Bertz CT molecular complexity index is 1360. The second kappa shape index (κ2) is 10.5. The van der Waals surface area contributed by atoms with Gasteiger partial charge in [0.05, 0.1) is 5.45 Å². The zero-order valence-corrected chi connectivity index (χ0v) is 25.8. The molecule has 3 aromatic carbocycles.